The van der Waals surface area contributed by atoms with Crippen molar-refractivity contribution in [1.29, 1.82) is 0 Å². The molecule has 0 heterocycles. The summed E-state index contributed by atoms with van der Waals surface area (Å²) >= 11 is 0. The average Bonchev–Trinajstić information content (AvgIpc) is 2.45. The Morgan fingerprint density at radius 3 is 2.15 bits per heavy atom. The number of rotatable bonds is 4. The summed E-state index contributed by atoms with van der Waals surface area (Å²) in [6, 6.07) is 17.8. The summed E-state index contributed by atoms with van der Waals surface area (Å²) in [5, 5.41) is 9.61. The fourth-order valence-electron chi connectivity index (χ4n) is 2.22. The molecule has 0 fully saturated rings. The van der Waals surface area contributed by atoms with Gasteiger partial charge in [-0.2, -0.15) is 0 Å². The van der Waals surface area contributed by atoms with Gasteiger partial charge < -0.3 is 9.84 Å². The van der Waals surface area contributed by atoms with Crippen molar-refractivity contribution < 1.29 is 9.84 Å². The van der Waals surface area contributed by atoms with Gasteiger partial charge in [0.25, 0.3) is 0 Å². The van der Waals surface area contributed by atoms with Gasteiger partial charge >= 0.3 is 0 Å². The first kappa shape index (κ1) is 14.6. The lowest BCUT2D eigenvalue weighted by atomic mass is 9.86. The molecule has 0 saturated carbocycles. The van der Waals surface area contributed by atoms with Crippen LogP contribution in [-0.2, 0) is 5.41 Å². The van der Waals surface area contributed by atoms with E-state index in [2.05, 4.69) is 26.8 Å². The molecule has 0 aromatic heterocycles. The minimum atomic E-state index is -0.334. The first-order valence-electron chi connectivity index (χ1n) is 6.94. The fraction of sp³-hybridized carbons (Fsp3) is 0.333. The highest BCUT2D eigenvalue weighted by atomic mass is 16.5. The van der Waals surface area contributed by atoms with Gasteiger partial charge in [-0.15, -0.1) is 0 Å². The summed E-state index contributed by atoms with van der Waals surface area (Å²) in [6.45, 7) is 6.44. The predicted molar refractivity (Wildman–Crippen MR) is 82.0 cm³/mol. The van der Waals surface area contributed by atoms with Gasteiger partial charge in [-0.25, -0.2) is 0 Å². The van der Waals surface area contributed by atoms with E-state index in [0.717, 1.165) is 16.9 Å². The Hall–Kier alpha value is -1.80. The minimum Gasteiger partial charge on any atom is -0.483 e. The normalized spacial score (nSPS) is 13.0. The lowest BCUT2D eigenvalue weighted by Gasteiger charge is -2.25. The van der Waals surface area contributed by atoms with Gasteiger partial charge in [-0.05, 0) is 22.6 Å². The van der Waals surface area contributed by atoms with Crippen molar-refractivity contribution >= 4 is 0 Å². The molecule has 1 unspecified atom stereocenters. The van der Waals surface area contributed by atoms with Gasteiger partial charge in [0.1, 0.15) is 11.9 Å². The highest BCUT2D eigenvalue weighted by Gasteiger charge is 2.21. The topological polar surface area (TPSA) is 29.5 Å². The molecule has 20 heavy (non-hydrogen) atoms. The zero-order chi connectivity index (χ0) is 14.6. The third kappa shape index (κ3) is 3.40. The van der Waals surface area contributed by atoms with Crippen LogP contribution in [-0.4, -0.2) is 11.7 Å². The maximum absolute atomic E-state index is 9.61. The largest absolute Gasteiger partial charge is 0.483 e. The standard InChI is InChI=1S/C18H22O2/c1-18(2,3)15-11-7-8-12-16(15)20-17(13-19)14-9-5-4-6-10-14/h4-12,17,19H,13H2,1-3H3. The molecular formula is C18H22O2. The van der Waals surface area contributed by atoms with Gasteiger partial charge in [0.15, 0.2) is 0 Å². The van der Waals surface area contributed by atoms with Crippen molar-refractivity contribution in [3.05, 3.63) is 65.7 Å². The van der Waals surface area contributed by atoms with Crippen LogP contribution in [0.3, 0.4) is 0 Å². The molecule has 2 heteroatoms. The smallest absolute Gasteiger partial charge is 0.147 e. The molecule has 2 aromatic carbocycles. The SMILES string of the molecule is CC(C)(C)c1ccccc1OC(CO)c1ccccc1. The molecule has 106 valence electrons. The third-order valence-corrected chi connectivity index (χ3v) is 3.30. The highest BCUT2D eigenvalue weighted by molar-refractivity contribution is 5.39. The number of aliphatic hydroxyl groups excluding tert-OH is 1. The lowest BCUT2D eigenvalue weighted by Crippen LogP contribution is -2.17. The van der Waals surface area contributed by atoms with Gasteiger partial charge in [-0.3, -0.25) is 0 Å². The Kier molecular flexibility index (Phi) is 4.46. The summed E-state index contributed by atoms with van der Waals surface area (Å²) < 4.78 is 6.06. The van der Waals surface area contributed by atoms with Crippen molar-refractivity contribution in [2.45, 2.75) is 32.3 Å². The van der Waals surface area contributed by atoms with E-state index in [1.807, 2.05) is 48.5 Å². The van der Waals surface area contributed by atoms with Crippen LogP contribution in [0.4, 0.5) is 0 Å². The van der Waals surface area contributed by atoms with E-state index in [-0.39, 0.29) is 18.1 Å². The molecule has 0 bridgehead atoms. The van der Waals surface area contributed by atoms with E-state index < -0.39 is 0 Å². The summed E-state index contributed by atoms with van der Waals surface area (Å²) in [6.07, 6.45) is -0.334. The molecule has 2 aromatic rings. The van der Waals surface area contributed by atoms with E-state index in [9.17, 15) is 5.11 Å². The van der Waals surface area contributed by atoms with E-state index in [1.54, 1.807) is 0 Å². The van der Waals surface area contributed by atoms with Crippen LogP contribution in [0, 0.1) is 0 Å². The zero-order valence-corrected chi connectivity index (χ0v) is 12.3. The number of ether oxygens (including phenoxy) is 1. The highest BCUT2D eigenvalue weighted by Crippen LogP contribution is 2.33. The second-order valence-electron chi connectivity index (χ2n) is 5.95. The van der Waals surface area contributed by atoms with Gasteiger partial charge in [0.05, 0.1) is 6.61 Å². The van der Waals surface area contributed by atoms with Crippen molar-refractivity contribution in [1.82, 2.24) is 0 Å². The zero-order valence-electron chi connectivity index (χ0n) is 12.3. The number of benzene rings is 2. The summed E-state index contributed by atoms with van der Waals surface area (Å²) in [5.74, 6) is 0.836. The molecule has 2 nitrogen and oxygen atoms in total. The van der Waals surface area contributed by atoms with Crippen LogP contribution in [0.15, 0.2) is 54.6 Å². The first-order chi connectivity index (χ1) is 9.52. The fourth-order valence-corrected chi connectivity index (χ4v) is 2.22. The molecule has 0 spiro atoms. The number of hydrogen-bond donors (Lipinski definition) is 1. The molecule has 0 amide bonds. The minimum absolute atomic E-state index is 0.00723. The Labute approximate surface area is 121 Å². The van der Waals surface area contributed by atoms with Crippen molar-refractivity contribution in [3.63, 3.8) is 0 Å². The predicted octanol–water partition coefficient (Wildman–Crippen LogP) is 4.10. The summed E-state index contributed by atoms with van der Waals surface area (Å²) in [5.41, 5.74) is 2.14. The van der Waals surface area contributed by atoms with Crippen LogP contribution in [0.25, 0.3) is 0 Å². The van der Waals surface area contributed by atoms with E-state index >= 15 is 0 Å². The molecule has 1 N–H and O–H groups in total. The molecular weight excluding hydrogens is 248 g/mol. The molecule has 0 saturated heterocycles. The van der Waals surface area contributed by atoms with Crippen LogP contribution < -0.4 is 4.74 Å². The average molecular weight is 270 g/mol. The summed E-state index contributed by atoms with van der Waals surface area (Å²) in [7, 11) is 0. The summed E-state index contributed by atoms with van der Waals surface area (Å²) in [4.78, 5) is 0. The molecule has 0 aliphatic carbocycles. The van der Waals surface area contributed by atoms with Crippen molar-refractivity contribution in [2.24, 2.45) is 0 Å². The van der Waals surface area contributed by atoms with Crippen LogP contribution in [0.2, 0.25) is 0 Å². The second-order valence-corrected chi connectivity index (χ2v) is 5.95. The number of para-hydroxylation sites is 1. The Balaban J connectivity index is 2.29. The molecule has 0 radical (unpaired) electrons. The molecule has 1 atom stereocenters. The molecule has 0 aliphatic rings. The van der Waals surface area contributed by atoms with Gasteiger partial charge in [0.2, 0.25) is 0 Å². The first-order valence-corrected chi connectivity index (χ1v) is 6.94. The third-order valence-electron chi connectivity index (χ3n) is 3.30. The molecule has 0 aliphatic heterocycles. The van der Waals surface area contributed by atoms with Crippen LogP contribution in [0.1, 0.15) is 38.0 Å². The van der Waals surface area contributed by atoms with E-state index in [4.69, 9.17) is 4.74 Å². The monoisotopic (exact) mass is 270 g/mol. The second kappa shape index (κ2) is 6.10. The number of hydrogen-bond acceptors (Lipinski definition) is 2. The Bertz CT molecular complexity index is 541. The van der Waals surface area contributed by atoms with Crippen LogP contribution in [0.5, 0.6) is 5.75 Å². The maximum Gasteiger partial charge on any atom is 0.147 e. The van der Waals surface area contributed by atoms with Gasteiger partial charge in [0, 0.05) is 0 Å². The van der Waals surface area contributed by atoms with Crippen molar-refractivity contribution in [3.8, 4) is 5.75 Å². The van der Waals surface area contributed by atoms with Crippen molar-refractivity contribution in [2.75, 3.05) is 6.61 Å². The Morgan fingerprint density at radius 1 is 0.950 bits per heavy atom. The van der Waals surface area contributed by atoms with Crippen LogP contribution >= 0.6 is 0 Å². The quantitative estimate of drug-likeness (QED) is 0.906. The maximum atomic E-state index is 9.61. The van der Waals surface area contributed by atoms with E-state index in [1.165, 1.54) is 0 Å². The molecule has 2 rings (SSSR count). The number of aliphatic hydroxyl groups is 1. The van der Waals surface area contributed by atoms with E-state index in [0.29, 0.717) is 0 Å². The Morgan fingerprint density at radius 2 is 1.55 bits per heavy atom. The lowest BCUT2D eigenvalue weighted by molar-refractivity contribution is 0.114. The van der Waals surface area contributed by atoms with Gasteiger partial charge in [-0.1, -0.05) is 69.3 Å².